The molecule has 1 amide bonds. The van der Waals surface area contributed by atoms with Gasteiger partial charge < -0.3 is 34.1 Å². The number of benzene rings is 3. The Hall–Kier alpha value is -5.08. The van der Waals surface area contributed by atoms with Crippen LogP contribution in [0.3, 0.4) is 0 Å². The first-order valence-electron chi connectivity index (χ1n) is 14.9. The van der Waals surface area contributed by atoms with Crippen molar-refractivity contribution in [2.24, 2.45) is 0 Å². The van der Waals surface area contributed by atoms with Crippen molar-refractivity contribution < 1.29 is 36.9 Å². The number of ether oxygens (including phenoxy) is 4. The molecule has 47 heavy (non-hydrogen) atoms. The average molecular weight is 653 g/mol. The summed E-state index contributed by atoms with van der Waals surface area (Å²) in [7, 11) is 4.94. The van der Waals surface area contributed by atoms with Gasteiger partial charge in [0.05, 0.1) is 26.5 Å². The van der Waals surface area contributed by atoms with Crippen LogP contribution in [-0.4, -0.2) is 86.5 Å². The van der Waals surface area contributed by atoms with E-state index in [1.54, 1.807) is 12.1 Å². The molecule has 1 aliphatic rings. The van der Waals surface area contributed by atoms with Gasteiger partial charge in [-0.2, -0.15) is 4.98 Å². The number of likely N-dealkylation sites (N-methyl/N-ethyl adjacent to an activating group) is 1. The van der Waals surface area contributed by atoms with Crippen molar-refractivity contribution in [1.29, 1.82) is 0 Å². The molecule has 14 heteroatoms. The lowest BCUT2D eigenvalue weighted by Crippen LogP contribution is -2.44. The molecule has 5 rings (SSSR count). The van der Waals surface area contributed by atoms with Crippen LogP contribution < -0.4 is 29.2 Å². The van der Waals surface area contributed by atoms with E-state index < -0.39 is 29.3 Å². The van der Waals surface area contributed by atoms with E-state index in [1.165, 1.54) is 50.7 Å². The number of carbonyl (C=O) groups is 1. The van der Waals surface area contributed by atoms with Gasteiger partial charge in [0.25, 0.3) is 0 Å². The molecule has 0 atom stereocenters. The number of aromatic nitrogens is 2. The van der Waals surface area contributed by atoms with Gasteiger partial charge in [-0.3, -0.25) is 0 Å². The fourth-order valence-electron chi connectivity index (χ4n) is 4.90. The summed E-state index contributed by atoms with van der Waals surface area (Å²) in [5.74, 6) is -2.96. The van der Waals surface area contributed by atoms with Crippen LogP contribution in [0.15, 0.2) is 66.9 Å². The number of piperazine rings is 1. The first kappa shape index (κ1) is 33.3. The molecule has 0 spiro atoms. The molecule has 0 radical (unpaired) electrons. The molecule has 0 saturated carbocycles. The van der Waals surface area contributed by atoms with Crippen LogP contribution in [-0.2, 0) is 0 Å². The number of nitrogens with one attached hydrogen (secondary N) is 1. The van der Waals surface area contributed by atoms with Crippen LogP contribution in [0.25, 0.3) is 0 Å². The number of nitrogens with zero attached hydrogens (tertiary/aromatic N) is 5. The minimum Gasteiger partial charge on any atom is -0.497 e. The van der Waals surface area contributed by atoms with Crippen LogP contribution in [0, 0.1) is 17.5 Å². The average Bonchev–Trinajstić information content (AvgIpc) is 3.07. The molecule has 0 aliphatic carbocycles. The summed E-state index contributed by atoms with van der Waals surface area (Å²) in [6, 6.07) is 13.4. The van der Waals surface area contributed by atoms with E-state index in [2.05, 4.69) is 32.1 Å². The van der Waals surface area contributed by atoms with Crippen molar-refractivity contribution in [2.45, 2.75) is 6.42 Å². The first-order valence-corrected chi connectivity index (χ1v) is 14.9. The van der Waals surface area contributed by atoms with E-state index in [9.17, 15) is 18.0 Å². The van der Waals surface area contributed by atoms with E-state index in [0.717, 1.165) is 62.2 Å². The van der Waals surface area contributed by atoms with Gasteiger partial charge in [0, 0.05) is 62.8 Å². The van der Waals surface area contributed by atoms with Crippen LogP contribution in [0.4, 0.5) is 41.1 Å². The maximum absolute atomic E-state index is 15.0. The highest BCUT2D eigenvalue weighted by Crippen LogP contribution is 2.37. The molecule has 1 aliphatic heterocycles. The van der Waals surface area contributed by atoms with Gasteiger partial charge in [-0.15, -0.1) is 0 Å². The van der Waals surface area contributed by atoms with Gasteiger partial charge in [0.15, 0.2) is 23.2 Å². The number of halogens is 3. The predicted molar refractivity (Wildman–Crippen MR) is 170 cm³/mol. The van der Waals surface area contributed by atoms with E-state index in [1.807, 2.05) is 0 Å². The summed E-state index contributed by atoms with van der Waals surface area (Å²) in [4.78, 5) is 27.7. The third-order valence-electron chi connectivity index (χ3n) is 7.45. The zero-order valence-electron chi connectivity index (χ0n) is 26.2. The molecule has 2 heterocycles. The Morgan fingerprint density at radius 2 is 1.68 bits per heavy atom. The topological polar surface area (TPSA) is 102 Å². The molecule has 11 nitrogen and oxygen atoms in total. The highest BCUT2D eigenvalue weighted by molar-refractivity contribution is 5.98. The summed E-state index contributed by atoms with van der Waals surface area (Å²) in [6.07, 6.45) is 0.923. The second kappa shape index (κ2) is 15.5. The van der Waals surface area contributed by atoms with Gasteiger partial charge >= 0.3 is 6.09 Å². The molecule has 1 N–H and O–H groups in total. The summed E-state index contributed by atoms with van der Waals surface area (Å²) in [5, 5.41) is 2.91. The monoisotopic (exact) mass is 652 g/mol. The standard InChI is InChI=1S/C33H35F3N6O5/c1-40-15-17-41(18-16-40)14-5-19-46-28-11-8-22(20-26(28)36)38-32-37-13-12-30(39-32)42(27-10-9-23(44-2)21-29(27)45-3)33(43)47-31-24(34)6-4-7-25(31)35/h4,6-13,20-21H,5,14-19H2,1-3H3,(H,37,38,39). The summed E-state index contributed by atoms with van der Waals surface area (Å²) in [6.45, 7) is 5.32. The Balaban J connectivity index is 1.33. The van der Waals surface area contributed by atoms with Crippen molar-refractivity contribution in [3.8, 4) is 23.0 Å². The smallest absolute Gasteiger partial charge is 0.425 e. The summed E-state index contributed by atoms with van der Waals surface area (Å²) in [5.41, 5.74) is 0.439. The second-order valence-corrected chi connectivity index (χ2v) is 10.6. The van der Waals surface area contributed by atoms with Gasteiger partial charge in [-0.25, -0.2) is 27.8 Å². The lowest BCUT2D eigenvalue weighted by atomic mass is 10.2. The molecule has 4 aromatic rings. The molecule has 248 valence electrons. The van der Waals surface area contributed by atoms with Gasteiger partial charge in [-0.1, -0.05) is 6.07 Å². The minimum absolute atomic E-state index is 0.00917. The van der Waals surface area contributed by atoms with Crippen molar-refractivity contribution in [2.75, 3.05) is 70.8 Å². The molecule has 0 unspecified atom stereocenters. The normalized spacial score (nSPS) is 13.6. The molecule has 1 saturated heterocycles. The number of carbonyl (C=O) groups excluding carboxylic acids is 1. The largest absolute Gasteiger partial charge is 0.497 e. The summed E-state index contributed by atoms with van der Waals surface area (Å²) >= 11 is 0. The van der Waals surface area contributed by atoms with Crippen molar-refractivity contribution >= 4 is 29.2 Å². The van der Waals surface area contributed by atoms with Gasteiger partial charge in [0.1, 0.15) is 17.3 Å². The number of hydrogen-bond donors (Lipinski definition) is 1. The molecule has 0 bridgehead atoms. The zero-order valence-corrected chi connectivity index (χ0v) is 26.2. The van der Waals surface area contributed by atoms with E-state index in [4.69, 9.17) is 18.9 Å². The number of para-hydroxylation sites is 1. The Morgan fingerprint density at radius 3 is 2.38 bits per heavy atom. The number of amides is 1. The fourth-order valence-corrected chi connectivity index (χ4v) is 4.90. The number of methoxy groups -OCH3 is 2. The number of hydrogen-bond acceptors (Lipinski definition) is 10. The van der Waals surface area contributed by atoms with Crippen molar-refractivity contribution in [3.63, 3.8) is 0 Å². The predicted octanol–water partition coefficient (Wildman–Crippen LogP) is 6.01. The van der Waals surface area contributed by atoms with E-state index >= 15 is 0 Å². The highest BCUT2D eigenvalue weighted by Gasteiger charge is 2.28. The van der Waals surface area contributed by atoms with Crippen LogP contribution in [0.2, 0.25) is 0 Å². The highest BCUT2D eigenvalue weighted by atomic mass is 19.1. The Bertz CT molecular complexity index is 1670. The van der Waals surface area contributed by atoms with Crippen molar-refractivity contribution in [1.82, 2.24) is 19.8 Å². The number of rotatable bonds is 12. The third kappa shape index (κ3) is 8.40. The van der Waals surface area contributed by atoms with Crippen LogP contribution >= 0.6 is 0 Å². The van der Waals surface area contributed by atoms with E-state index in [0.29, 0.717) is 18.0 Å². The maximum atomic E-state index is 15.0. The lowest BCUT2D eigenvalue weighted by molar-refractivity contribution is 0.145. The molecule has 1 fully saturated rings. The third-order valence-corrected chi connectivity index (χ3v) is 7.45. The van der Waals surface area contributed by atoms with Gasteiger partial charge in [0.2, 0.25) is 11.7 Å². The molecule has 1 aromatic heterocycles. The van der Waals surface area contributed by atoms with Crippen LogP contribution in [0.1, 0.15) is 6.42 Å². The molecular formula is C33H35F3N6O5. The van der Waals surface area contributed by atoms with Crippen molar-refractivity contribution in [3.05, 3.63) is 84.3 Å². The number of anilines is 4. The van der Waals surface area contributed by atoms with E-state index in [-0.39, 0.29) is 29.0 Å². The Labute approximate surface area is 270 Å². The SMILES string of the molecule is COc1ccc(N(C(=O)Oc2c(F)cccc2F)c2ccnc(Nc3ccc(OCCCN4CCN(C)CC4)c(F)c3)n2)c(OC)c1. The minimum atomic E-state index is -1.19. The first-order chi connectivity index (χ1) is 22.7. The van der Waals surface area contributed by atoms with Crippen LogP contribution in [0.5, 0.6) is 23.0 Å². The fraction of sp³-hybridized carbons (Fsp3) is 0.303. The molecular weight excluding hydrogens is 617 g/mol. The quantitative estimate of drug-likeness (QED) is 0.183. The Morgan fingerprint density at radius 1 is 0.915 bits per heavy atom. The lowest BCUT2D eigenvalue weighted by Gasteiger charge is -2.32. The summed E-state index contributed by atoms with van der Waals surface area (Å²) < 4.78 is 65.3. The zero-order chi connectivity index (χ0) is 33.3. The molecule has 3 aromatic carbocycles. The Kier molecular flexibility index (Phi) is 11.0. The maximum Gasteiger partial charge on any atom is 0.425 e. The van der Waals surface area contributed by atoms with Gasteiger partial charge in [-0.05, 0) is 49.9 Å². The second-order valence-electron chi connectivity index (χ2n) is 10.6.